The first-order valence-corrected chi connectivity index (χ1v) is 8.92. The number of aliphatic hydroxyl groups is 1. The van der Waals surface area contributed by atoms with Gasteiger partial charge in [-0.3, -0.25) is 9.59 Å². The predicted octanol–water partition coefficient (Wildman–Crippen LogP) is 1.01. The van der Waals surface area contributed by atoms with Gasteiger partial charge in [0.2, 0.25) is 5.91 Å². The number of aryl methyl sites for hydroxylation is 1. The van der Waals surface area contributed by atoms with Crippen molar-refractivity contribution in [1.29, 1.82) is 0 Å². The van der Waals surface area contributed by atoms with Crippen molar-refractivity contribution in [1.82, 2.24) is 0 Å². The Balaban J connectivity index is 1.78. The Hall–Kier alpha value is -2.45. The lowest BCUT2D eigenvalue weighted by Gasteiger charge is -2.35. The quantitative estimate of drug-likeness (QED) is 0.763. The van der Waals surface area contributed by atoms with Crippen LogP contribution >= 0.6 is 0 Å². The average Bonchev–Trinajstić information content (AvgIpc) is 2.59. The Bertz CT molecular complexity index is 770. The van der Waals surface area contributed by atoms with E-state index < -0.39 is 29.7 Å². The number of nitrogens with one attached hydrogen (secondary N) is 1. The van der Waals surface area contributed by atoms with E-state index in [9.17, 15) is 19.5 Å². The van der Waals surface area contributed by atoms with E-state index in [1.54, 1.807) is 32.9 Å². The second kappa shape index (κ2) is 7.28. The molecule has 2 N–H and O–H groups in total. The van der Waals surface area contributed by atoms with Gasteiger partial charge in [-0.1, -0.05) is 6.07 Å². The number of carbonyl (C=O) groups excluding carboxylic acids is 3. The van der Waals surface area contributed by atoms with Gasteiger partial charge in [-0.15, -0.1) is 0 Å². The van der Waals surface area contributed by atoms with Crippen LogP contribution in [0.3, 0.4) is 0 Å². The van der Waals surface area contributed by atoms with E-state index in [1.165, 1.54) is 4.90 Å². The van der Waals surface area contributed by atoms with Crippen LogP contribution in [0, 0.1) is 0 Å². The number of amides is 2. The normalized spacial score (nSPS) is 21.3. The van der Waals surface area contributed by atoms with Crippen molar-refractivity contribution in [3.05, 3.63) is 23.8 Å². The maximum atomic E-state index is 12.8. The number of esters is 1. The highest BCUT2D eigenvalue weighted by atomic mass is 16.6. The smallest absolute Gasteiger partial charge is 0.338 e. The summed E-state index contributed by atoms with van der Waals surface area (Å²) in [6, 6.07) is 5.38. The Kier molecular flexibility index (Phi) is 5.21. The number of morpholine rings is 1. The number of hydrogen-bond acceptors (Lipinski definition) is 6. The monoisotopic (exact) mass is 376 g/mol. The third-order valence-electron chi connectivity index (χ3n) is 4.36. The van der Waals surface area contributed by atoms with Crippen LogP contribution in [0.5, 0.6) is 0 Å². The van der Waals surface area contributed by atoms with Crippen LogP contribution in [0.2, 0.25) is 0 Å². The summed E-state index contributed by atoms with van der Waals surface area (Å²) in [5.41, 5.74) is 1.47. The van der Waals surface area contributed by atoms with Gasteiger partial charge in [-0.25, -0.2) is 4.79 Å². The van der Waals surface area contributed by atoms with Crippen molar-refractivity contribution in [2.45, 2.75) is 51.4 Å². The molecule has 2 aliphatic rings. The lowest BCUT2D eigenvalue weighted by Crippen LogP contribution is -2.55. The maximum Gasteiger partial charge on any atom is 0.338 e. The highest BCUT2D eigenvalue weighted by molar-refractivity contribution is 6.01. The largest absolute Gasteiger partial charge is 0.458 e. The van der Waals surface area contributed by atoms with Crippen LogP contribution in [0.4, 0.5) is 11.4 Å². The van der Waals surface area contributed by atoms with Crippen LogP contribution in [-0.4, -0.2) is 53.9 Å². The van der Waals surface area contributed by atoms with Gasteiger partial charge < -0.3 is 24.8 Å². The number of ether oxygens (including phenoxy) is 2. The van der Waals surface area contributed by atoms with Gasteiger partial charge in [0.15, 0.2) is 12.2 Å². The molecule has 8 nitrogen and oxygen atoms in total. The number of aliphatic hydroxyl groups excluding tert-OH is 1. The Labute approximate surface area is 157 Å². The zero-order chi connectivity index (χ0) is 19.8. The van der Waals surface area contributed by atoms with Crippen LogP contribution in [0.25, 0.3) is 0 Å². The van der Waals surface area contributed by atoms with Gasteiger partial charge in [0.1, 0.15) is 5.60 Å². The summed E-state index contributed by atoms with van der Waals surface area (Å²) < 4.78 is 10.5. The molecule has 1 fully saturated rings. The number of fused-ring (bicyclic) bond motifs is 1. The number of anilines is 2. The highest BCUT2D eigenvalue weighted by Crippen LogP contribution is 2.29. The second-order valence-electron chi connectivity index (χ2n) is 7.65. The van der Waals surface area contributed by atoms with Gasteiger partial charge >= 0.3 is 5.97 Å². The molecule has 8 heteroatoms. The SMILES string of the molecule is CC(C)(C)OC(=O)[C@H](O)[C@H]1OCCN(c2ccc3c(c2)NC(=O)CC3)C1=O. The number of benzene rings is 1. The first-order valence-electron chi connectivity index (χ1n) is 8.92. The molecule has 2 heterocycles. The van der Waals surface area contributed by atoms with Crippen molar-refractivity contribution >= 4 is 29.2 Å². The molecule has 2 amide bonds. The molecule has 0 unspecified atom stereocenters. The summed E-state index contributed by atoms with van der Waals surface area (Å²) in [7, 11) is 0. The van der Waals surface area contributed by atoms with E-state index in [1.807, 2.05) is 6.07 Å². The second-order valence-corrected chi connectivity index (χ2v) is 7.65. The molecule has 2 atom stereocenters. The number of nitrogens with zero attached hydrogens (tertiary/aromatic N) is 1. The van der Waals surface area contributed by atoms with Crippen molar-refractivity contribution in [3.63, 3.8) is 0 Å². The third kappa shape index (κ3) is 4.28. The fourth-order valence-electron chi connectivity index (χ4n) is 3.10. The molecule has 1 aromatic carbocycles. The Morgan fingerprint density at radius 1 is 1.33 bits per heavy atom. The minimum absolute atomic E-state index is 0.0637. The molecule has 0 aromatic heterocycles. The zero-order valence-electron chi connectivity index (χ0n) is 15.7. The topological polar surface area (TPSA) is 105 Å². The van der Waals surface area contributed by atoms with Crippen molar-refractivity contribution in [2.24, 2.45) is 0 Å². The first kappa shape index (κ1) is 19.3. The van der Waals surface area contributed by atoms with Crippen molar-refractivity contribution < 1.29 is 29.0 Å². The van der Waals surface area contributed by atoms with Crippen LogP contribution < -0.4 is 10.2 Å². The molecule has 3 rings (SSSR count). The molecule has 2 aliphatic heterocycles. The van der Waals surface area contributed by atoms with E-state index in [4.69, 9.17) is 9.47 Å². The summed E-state index contributed by atoms with van der Waals surface area (Å²) in [6.07, 6.45) is -1.96. The van der Waals surface area contributed by atoms with E-state index in [0.29, 0.717) is 24.2 Å². The van der Waals surface area contributed by atoms with Gasteiger partial charge in [0.05, 0.1) is 6.61 Å². The molecule has 0 aliphatic carbocycles. The Morgan fingerprint density at radius 2 is 2.07 bits per heavy atom. The zero-order valence-corrected chi connectivity index (χ0v) is 15.7. The fraction of sp³-hybridized carbons (Fsp3) is 0.526. The van der Waals surface area contributed by atoms with Crippen molar-refractivity contribution in [3.8, 4) is 0 Å². The molecular formula is C19H24N2O6. The van der Waals surface area contributed by atoms with Gasteiger partial charge in [-0.05, 0) is 44.9 Å². The van der Waals surface area contributed by atoms with Gasteiger partial charge in [0.25, 0.3) is 5.91 Å². The molecule has 1 aromatic rings. The van der Waals surface area contributed by atoms with E-state index in [2.05, 4.69) is 5.32 Å². The van der Waals surface area contributed by atoms with Gasteiger partial charge in [0, 0.05) is 24.3 Å². The number of carbonyl (C=O) groups is 3. The minimum Gasteiger partial charge on any atom is -0.458 e. The van der Waals surface area contributed by atoms with Crippen LogP contribution in [-0.2, 0) is 30.3 Å². The van der Waals surface area contributed by atoms with E-state index >= 15 is 0 Å². The molecule has 1 saturated heterocycles. The molecular weight excluding hydrogens is 352 g/mol. The lowest BCUT2D eigenvalue weighted by atomic mass is 10.0. The van der Waals surface area contributed by atoms with Crippen LogP contribution in [0.15, 0.2) is 18.2 Å². The summed E-state index contributed by atoms with van der Waals surface area (Å²) in [5.74, 6) is -1.49. The molecule has 27 heavy (non-hydrogen) atoms. The first-order chi connectivity index (χ1) is 12.7. The number of hydrogen-bond donors (Lipinski definition) is 2. The van der Waals surface area contributed by atoms with Crippen molar-refractivity contribution in [2.75, 3.05) is 23.4 Å². The summed E-state index contributed by atoms with van der Waals surface area (Å²) in [5, 5.41) is 13.1. The summed E-state index contributed by atoms with van der Waals surface area (Å²) >= 11 is 0. The summed E-state index contributed by atoms with van der Waals surface area (Å²) in [4.78, 5) is 38.0. The van der Waals surface area contributed by atoms with E-state index in [-0.39, 0.29) is 19.1 Å². The standard InChI is InChI=1S/C19H24N2O6/c1-19(2,3)27-18(25)15(23)16-17(24)21(8-9-26-16)12-6-4-11-5-7-14(22)20-13(11)10-12/h4,6,10,15-16,23H,5,7-9H2,1-3H3,(H,20,22)/t15-,16-/m1/s1. The molecule has 0 spiro atoms. The number of rotatable bonds is 3. The average molecular weight is 376 g/mol. The van der Waals surface area contributed by atoms with Crippen LogP contribution in [0.1, 0.15) is 32.8 Å². The fourth-order valence-corrected chi connectivity index (χ4v) is 3.10. The third-order valence-corrected chi connectivity index (χ3v) is 4.36. The molecule has 0 radical (unpaired) electrons. The molecule has 0 saturated carbocycles. The van der Waals surface area contributed by atoms with Gasteiger partial charge in [-0.2, -0.15) is 0 Å². The van der Waals surface area contributed by atoms with E-state index in [0.717, 1.165) is 5.56 Å². The molecule has 0 bridgehead atoms. The highest BCUT2D eigenvalue weighted by Gasteiger charge is 2.41. The minimum atomic E-state index is -1.71. The predicted molar refractivity (Wildman–Crippen MR) is 97.3 cm³/mol. The lowest BCUT2D eigenvalue weighted by molar-refractivity contribution is -0.177. The molecule has 146 valence electrons. The summed E-state index contributed by atoms with van der Waals surface area (Å²) in [6.45, 7) is 5.47. The Morgan fingerprint density at radius 3 is 2.78 bits per heavy atom. The maximum absolute atomic E-state index is 12.8.